The molecule has 12 heteroatoms. The maximum absolute atomic E-state index is 12.2. The average molecular weight is 458 g/mol. The van der Waals surface area contributed by atoms with E-state index in [4.69, 9.17) is 27.7 Å². The standard InChI is InChI=1S/C21H31N9O3/c1-13-18(23)29-19(24)17(28-13)20(32)30-21(25)27-10-3-2-4-14-5-7-15(8-6-14)33-12-16(31)26-11-9-22/h5-8H,2-4,9-12,22H2,1H3,(H,26,31)(H4,23,24,29)(H3,25,27,30,32). The molecule has 2 amide bonds. The third-order valence-corrected chi connectivity index (χ3v) is 4.51. The van der Waals surface area contributed by atoms with Crippen molar-refractivity contribution in [2.75, 3.05) is 37.7 Å². The molecule has 0 bridgehead atoms. The Bertz CT molecular complexity index is 978. The predicted octanol–water partition coefficient (Wildman–Crippen LogP) is -0.529. The lowest BCUT2D eigenvalue weighted by Gasteiger charge is -2.08. The largest absolute Gasteiger partial charge is 0.484 e. The number of nitrogens with two attached hydrogens (primary N) is 4. The normalized spacial score (nSPS) is 11.2. The van der Waals surface area contributed by atoms with E-state index in [2.05, 4.69) is 25.6 Å². The van der Waals surface area contributed by atoms with Gasteiger partial charge in [-0.05, 0) is 43.9 Å². The number of carbonyl (C=O) groups excluding carboxylic acids is 2. The van der Waals surface area contributed by atoms with Crippen molar-refractivity contribution in [3.8, 4) is 5.75 Å². The van der Waals surface area contributed by atoms with Gasteiger partial charge in [-0.2, -0.15) is 0 Å². The molecule has 0 atom stereocenters. The molecular weight excluding hydrogens is 426 g/mol. The Morgan fingerprint density at radius 1 is 1.09 bits per heavy atom. The highest BCUT2D eigenvalue weighted by Gasteiger charge is 2.15. The number of nitrogen functional groups attached to an aromatic ring is 2. The molecule has 0 spiro atoms. The van der Waals surface area contributed by atoms with Gasteiger partial charge in [0.15, 0.2) is 24.1 Å². The van der Waals surface area contributed by atoms with Crippen molar-refractivity contribution in [2.45, 2.75) is 26.2 Å². The molecule has 0 radical (unpaired) electrons. The summed E-state index contributed by atoms with van der Waals surface area (Å²) in [6.07, 6.45) is 2.50. The molecule has 178 valence electrons. The maximum atomic E-state index is 12.2. The number of carbonyl (C=O) groups is 2. The molecule has 2 rings (SSSR count). The Kier molecular flexibility index (Phi) is 9.83. The van der Waals surface area contributed by atoms with Crippen molar-refractivity contribution >= 4 is 29.4 Å². The number of nitrogens with zero attached hydrogens (tertiary/aromatic N) is 3. The fourth-order valence-corrected chi connectivity index (χ4v) is 2.73. The summed E-state index contributed by atoms with van der Waals surface area (Å²) in [5.74, 6) is -0.110. The second-order valence-corrected chi connectivity index (χ2v) is 7.18. The minimum absolute atomic E-state index is 0.0207. The van der Waals surface area contributed by atoms with Crippen molar-refractivity contribution in [1.82, 2.24) is 20.6 Å². The number of anilines is 2. The van der Waals surface area contributed by atoms with E-state index in [1.54, 1.807) is 6.92 Å². The van der Waals surface area contributed by atoms with Crippen LogP contribution in [0.4, 0.5) is 11.6 Å². The highest BCUT2D eigenvalue weighted by Crippen LogP contribution is 2.14. The molecular formula is C21H31N9O3. The summed E-state index contributed by atoms with van der Waals surface area (Å²) in [5.41, 5.74) is 23.9. The van der Waals surface area contributed by atoms with Crippen LogP contribution in [0.15, 0.2) is 29.3 Å². The van der Waals surface area contributed by atoms with Gasteiger partial charge < -0.3 is 33.0 Å². The van der Waals surface area contributed by atoms with E-state index in [1.807, 2.05) is 24.3 Å². The minimum atomic E-state index is -0.594. The summed E-state index contributed by atoms with van der Waals surface area (Å²) >= 11 is 0. The second-order valence-electron chi connectivity index (χ2n) is 7.18. The summed E-state index contributed by atoms with van der Waals surface area (Å²) in [4.78, 5) is 35.8. The lowest BCUT2D eigenvalue weighted by Crippen LogP contribution is -2.38. The van der Waals surface area contributed by atoms with Crippen LogP contribution in [0.25, 0.3) is 0 Å². The van der Waals surface area contributed by atoms with Crippen LogP contribution in [0.1, 0.15) is 34.6 Å². The first-order valence-corrected chi connectivity index (χ1v) is 10.5. The third kappa shape index (κ3) is 8.61. The van der Waals surface area contributed by atoms with Crippen molar-refractivity contribution in [3.63, 3.8) is 0 Å². The molecule has 1 aromatic heterocycles. The Morgan fingerprint density at radius 2 is 1.82 bits per heavy atom. The molecule has 2 aromatic rings. The van der Waals surface area contributed by atoms with Gasteiger partial charge in [-0.1, -0.05) is 12.1 Å². The van der Waals surface area contributed by atoms with E-state index >= 15 is 0 Å². The molecule has 1 aromatic carbocycles. The number of ether oxygens (including phenoxy) is 1. The van der Waals surface area contributed by atoms with Crippen molar-refractivity contribution in [1.29, 1.82) is 0 Å². The molecule has 0 fully saturated rings. The molecule has 12 nitrogen and oxygen atoms in total. The zero-order valence-corrected chi connectivity index (χ0v) is 18.6. The predicted molar refractivity (Wildman–Crippen MR) is 126 cm³/mol. The number of aromatic nitrogens is 2. The molecule has 10 N–H and O–H groups in total. The van der Waals surface area contributed by atoms with Gasteiger partial charge in [0.1, 0.15) is 11.6 Å². The monoisotopic (exact) mass is 457 g/mol. The smallest absolute Gasteiger partial charge is 0.280 e. The van der Waals surface area contributed by atoms with E-state index in [0.717, 1.165) is 24.8 Å². The topological polar surface area (TPSA) is 210 Å². The Labute approximate surface area is 192 Å². The number of hydrogen-bond acceptors (Lipinski definition) is 9. The summed E-state index contributed by atoms with van der Waals surface area (Å²) in [6.45, 7) is 2.84. The Balaban J connectivity index is 1.70. The Morgan fingerprint density at radius 3 is 2.52 bits per heavy atom. The number of rotatable bonds is 11. The van der Waals surface area contributed by atoms with Gasteiger partial charge in [0.05, 0.1) is 5.69 Å². The summed E-state index contributed by atoms with van der Waals surface area (Å²) < 4.78 is 5.43. The van der Waals surface area contributed by atoms with Gasteiger partial charge in [0.25, 0.3) is 11.8 Å². The number of nitrogens with one attached hydrogen (secondary N) is 2. The fraction of sp³-hybridized carbons (Fsp3) is 0.381. The van der Waals surface area contributed by atoms with Crippen LogP contribution in [-0.4, -0.2) is 54.0 Å². The number of hydrogen-bond donors (Lipinski definition) is 6. The number of aliphatic imine (C=N–C) groups is 1. The van der Waals surface area contributed by atoms with Crippen LogP contribution in [-0.2, 0) is 11.2 Å². The van der Waals surface area contributed by atoms with Crippen molar-refractivity contribution in [2.24, 2.45) is 16.5 Å². The second kappa shape index (κ2) is 12.8. The van der Waals surface area contributed by atoms with E-state index in [-0.39, 0.29) is 35.8 Å². The zero-order chi connectivity index (χ0) is 24.2. The van der Waals surface area contributed by atoms with Gasteiger partial charge >= 0.3 is 0 Å². The lowest BCUT2D eigenvalue weighted by atomic mass is 10.1. The average Bonchev–Trinajstić information content (AvgIpc) is 2.79. The van der Waals surface area contributed by atoms with Crippen LogP contribution in [0.5, 0.6) is 5.75 Å². The lowest BCUT2D eigenvalue weighted by molar-refractivity contribution is -0.123. The first kappa shape index (κ1) is 25.3. The fourth-order valence-electron chi connectivity index (χ4n) is 2.73. The first-order valence-electron chi connectivity index (χ1n) is 10.5. The number of guanidine groups is 1. The Hall–Kier alpha value is -3.93. The highest BCUT2D eigenvalue weighted by molar-refractivity contribution is 6.06. The van der Waals surface area contributed by atoms with Crippen molar-refractivity contribution < 1.29 is 14.3 Å². The van der Waals surface area contributed by atoms with Gasteiger partial charge in [-0.15, -0.1) is 0 Å². The third-order valence-electron chi connectivity index (χ3n) is 4.51. The maximum Gasteiger partial charge on any atom is 0.280 e. The molecule has 0 saturated carbocycles. The molecule has 0 aliphatic carbocycles. The molecule has 1 heterocycles. The molecule has 33 heavy (non-hydrogen) atoms. The summed E-state index contributed by atoms with van der Waals surface area (Å²) in [6, 6.07) is 7.55. The zero-order valence-electron chi connectivity index (χ0n) is 18.6. The van der Waals surface area contributed by atoms with Gasteiger partial charge in [-0.25, -0.2) is 9.97 Å². The number of aryl methyl sites for hydroxylation is 2. The molecule has 0 saturated heterocycles. The molecule has 0 aliphatic heterocycles. The quantitative estimate of drug-likeness (QED) is 0.145. The van der Waals surface area contributed by atoms with Gasteiger partial charge in [0, 0.05) is 19.6 Å². The van der Waals surface area contributed by atoms with E-state index in [9.17, 15) is 9.59 Å². The van der Waals surface area contributed by atoms with Crippen molar-refractivity contribution in [3.05, 3.63) is 41.2 Å². The minimum Gasteiger partial charge on any atom is -0.484 e. The number of benzene rings is 1. The molecule has 0 aliphatic rings. The highest BCUT2D eigenvalue weighted by atomic mass is 16.5. The SMILES string of the molecule is Cc1nc(C(=O)NC(N)=NCCCCc2ccc(OCC(=O)NCCN)cc2)c(N)nc1N. The van der Waals surface area contributed by atoms with Gasteiger partial charge in [-0.3, -0.25) is 19.9 Å². The number of amides is 2. The first-order chi connectivity index (χ1) is 15.8. The van der Waals surface area contributed by atoms with Crippen LogP contribution < -0.4 is 38.3 Å². The number of unbranched alkanes of at least 4 members (excludes halogenated alkanes) is 1. The van der Waals surface area contributed by atoms with E-state index in [0.29, 0.717) is 31.1 Å². The summed E-state index contributed by atoms with van der Waals surface area (Å²) in [7, 11) is 0. The molecule has 0 unspecified atom stereocenters. The van der Waals surface area contributed by atoms with Crippen LogP contribution in [0.2, 0.25) is 0 Å². The van der Waals surface area contributed by atoms with Crippen LogP contribution in [0, 0.1) is 6.92 Å². The van der Waals surface area contributed by atoms with Crippen LogP contribution in [0.3, 0.4) is 0 Å². The van der Waals surface area contributed by atoms with Gasteiger partial charge in [0.2, 0.25) is 0 Å². The van der Waals surface area contributed by atoms with Crippen LogP contribution >= 0.6 is 0 Å². The summed E-state index contributed by atoms with van der Waals surface area (Å²) in [5, 5.41) is 5.09. The van der Waals surface area contributed by atoms with E-state index in [1.165, 1.54) is 0 Å². The van der Waals surface area contributed by atoms with E-state index < -0.39 is 5.91 Å².